The number of hydrogen-bond acceptors (Lipinski definition) is 4. The smallest absolute Gasteiger partial charge is 0.324 e. The van der Waals surface area contributed by atoms with Crippen molar-refractivity contribution in [2.75, 3.05) is 0 Å². The van der Waals surface area contributed by atoms with Crippen LogP contribution in [0.3, 0.4) is 0 Å². The summed E-state index contributed by atoms with van der Waals surface area (Å²) in [7, 11) is -3.73. The third kappa shape index (κ3) is 3.82. The van der Waals surface area contributed by atoms with Gasteiger partial charge in [0, 0.05) is 0 Å². The molecule has 5 heteroatoms. The van der Waals surface area contributed by atoms with Crippen LogP contribution in [0.5, 0.6) is 0 Å². The summed E-state index contributed by atoms with van der Waals surface area (Å²) in [5, 5.41) is -1.22. The molecule has 0 bridgehead atoms. The average molecular weight is 298 g/mol. The Labute approximate surface area is 121 Å². The minimum atomic E-state index is -3.73. The van der Waals surface area contributed by atoms with Crippen molar-refractivity contribution in [3.63, 3.8) is 0 Å². The monoisotopic (exact) mass is 298 g/mol. The molecule has 112 valence electrons. The molecule has 0 saturated carbocycles. The van der Waals surface area contributed by atoms with Gasteiger partial charge in [-0.1, -0.05) is 17.7 Å². The summed E-state index contributed by atoms with van der Waals surface area (Å²) in [5.74, 6) is -0.725. The third-order valence-corrected chi connectivity index (χ3v) is 5.04. The first-order valence-electron chi connectivity index (χ1n) is 6.49. The van der Waals surface area contributed by atoms with Crippen LogP contribution in [0.15, 0.2) is 23.1 Å². The summed E-state index contributed by atoms with van der Waals surface area (Å²) in [6.45, 7) is 10.1. The fourth-order valence-electron chi connectivity index (χ4n) is 1.82. The van der Waals surface area contributed by atoms with Gasteiger partial charge in [0.15, 0.2) is 15.1 Å². The molecule has 0 spiro atoms. The lowest BCUT2D eigenvalue weighted by atomic mass is 10.2. The Kier molecular flexibility index (Phi) is 4.64. The van der Waals surface area contributed by atoms with E-state index in [2.05, 4.69) is 0 Å². The second kappa shape index (κ2) is 5.56. The first-order chi connectivity index (χ1) is 8.95. The molecular formula is C15H22O4S. The van der Waals surface area contributed by atoms with Crippen LogP contribution in [0.2, 0.25) is 0 Å². The molecule has 0 aliphatic heterocycles. The number of esters is 1. The predicted molar refractivity (Wildman–Crippen MR) is 78.4 cm³/mol. The molecule has 1 aromatic carbocycles. The van der Waals surface area contributed by atoms with Crippen molar-refractivity contribution in [2.45, 2.75) is 57.3 Å². The Morgan fingerprint density at radius 1 is 1.20 bits per heavy atom. The normalized spacial score (nSPS) is 13.9. The maximum absolute atomic E-state index is 12.5. The Morgan fingerprint density at radius 2 is 1.75 bits per heavy atom. The number of hydrogen-bond donors (Lipinski definition) is 0. The van der Waals surface area contributed by atoms with Crippen molar-refractivity contribution >= 4 is 15.8 Å². The van der Waals surface area contributed by atoms with Gasteiger partial charge in [-0.3, -0.25) is 4.79 Å². The topological polar surface area (TPSA) is 60.4 Å². The van der Waals surface area contributed by atoms with Gasteiger partial charge in [0.1, 0.15) is 5.60 Å². The molecule has 1 rings (SSSR count). The van der Waals surface area contributed by atoms with Gasteiger partial charge in [-0.15, -0.1) is 0 Å². The van der Waals surface area contributed by atoms with Crippen LogP contribution in [-0.4, -0.2) is 25.2 Å². The number of rotatable bonds is 3. The molecule has 0 aliphatic carbocycles. The van der Waals surface area contributed by atoms with Gasteiger partial charge in [0.05, 0.1) is 4.90 Å². The van der Waals surface area contributed by atoms with Gasteiger partial charge in [-0.05, 0) is 53.2 Å². The second-order valence-corrected chi connectivity index (χ2v) is 8.23. The molecule has 1 unspecified atom stereocenters. The zero-order chi connectivity index (χ0) is 15.7. The highest BCUT2D eigenvalue weighted by molar-refractivity contribution is 7.92. The van der Waals surface area contributed by atoms with E-state index in [9.17, 15) is 13.2 Å². The van der Waals surface area contributed by atoms with Crippen LogP contribution in [0.1, 0.15) is 38.8 Å². The van der Waals surface area contributed by atoms with Crippen molar-refractivity contribution in [3.8, 4) is 0 Å². The SMILES string of the molecule is Cc1ccc(S(=O)(=O)C(C)C(=O)OC(C)(C)C)c(C)c1. The van der Waals surface area contributed by atoms with Gasteiger partial charge < -0.3 is 4.74 Å². The van der Waals surface area contributed by atoms with Crippen molar-refractivity contribution in [1.82, 2.24) is 0 Å². The Balaban J connectivity index is 3.13. The van der Waals surface area contributed by atoms with Gasteiger partial charge >= 0.3 is 5.97 Å². The maximum atomic E-state index is 12.5. The fraction of sp³-hybridized carbons (Fsp3) is 0.533. The van der Waals surface area contributed by atoms with Crippen LogP contribution < -0.4 is 0 Å². The van der Waals surface area contributed by atoms with Crippen LogP contribution in [0.4, 0.5) is 0 Å². The molecule has 1 atom stereocenters. The molecule has 0 aliphatic rings. The molecule has 0 N–H and O–H groups in total. The first kappa shape index (κ1) is 16.7. The molecule has 4 nitrogen and oxygen atoms in total. The number of carbonyl (C=O) groups excluding carboxylic acids is 1. The highest BCUT2D eigenvalue weighted by atomic mass is 32.2. The van der Waals surface area contributed by atoms with E-state index in [1.54, 1.807) is 45.9 Å². The molecule has 0 saturated heterocycles. The largest absolute Gasteiger partial charge is 0.459 e. The molecule has 0 aromatic heterocycles. The summed E-state index contributed by atoms with van der Waals surface area (Å²) in [4.78, 5) is 12.1. The van der Waals surface area contributed by atoms with E-state index < -0.39 is 26.7 Å². The molecule has 0 radical (unpaired) electrons. The Hall–Kier alpha value is -1.36. The zero-order valence-electron chi connectivity index (χ0n) is 12.9. The van der Waals surface area contributed by atoms with Crippen molar-refractivity contribution < 1.29 is 17.9 Å². The lowest BCUT2D eigenvalue weighted by molar-refractivity contribution is -0.153. The fourth-order valence-corrected chi connectivity index (χ4v) is 3.27. The van der Waals surface area contributed by atoms with Gasteiger partial charge in [0.25, 0.3) is 0 Å². The second-order valence-electron chi connectivity index (χ2n) is 5.99. The standard InChI is InChI=1S/C15H22O4S/c1-10-7-8-13(11(2)9-10)20(17,18)12(3)14(16)19-15(4,5)6/h7-9,12H,1-6H3. The van der Waals surface area contributed by atoms with Gasteiger partial charge in [0.2, 0.25) is 0 Å². The van der Waals surface area contributed by atoms with E-state index >= 15 is 0 Å². The first-order valence-corrected chi connectivity index (χ1v) is 8.04. The van der Waals surface area contributed by atoms with Crippen LogP contribution in [-0.2, 0) is 19.4 Å². The average Bonchev–Trinajstić information content (AvgIpc) is 2.24. The minimum absolute atomic E-state index is 0.182. The molecule has 1 aromatic rings. The van der Waals surface area contributed by atoms with E-state index in [0.29, 0.717) is 5.56 Å². The quantitative estimate of drug-likeness (QED) is 0.805. The van der Waals surface area contributed by atoms with Crippen molar-refractivity contribution in [1.29, 1.82) is 0 Å². The van der Waals surface area contributed by atoms with Crippen LogP contribution >= 0.6 is 0 Å². The summed E-state index contributed by atoms with van der Waals surface area (Å²) in [5.41, 5.74) is 0.912. The number of sulfone groups is 1. The highest BCUT2D eigenvalue weighted by Crippen LogP contribution is 2.23. The summed E-state index contributed by atoms with van der Waals surface area (Å²) >= 11 is 0. The highest BCUT2D eigenvalue weighted by Gasteiger charge is 2.34. The minimum Gasteiger partial charge on any atom is -0.459 e. The lowest BCUT2D eigenvalue weighted by Crippen LogP contribution is -2.35. The summed E-state index contributed by atoms with van der Waals surface area (Å²) < 4.78 is 30.1. The molecule has 0 amide bonds. The number of benzene rings is 1. The molecule has 0 fully saturated rings. The summed E-state index contributed by atoms with van der Waals surface area (Å²) in [6.07, 6.45) is 0. The van der Waals surface area contributed by atoms with Crippen LogP contribution in [0.25, 0.3) is 0 Å². The van der Waals surface area contributed by atoms with Crippen molar-refractivity contribution in [2.24, 2.45) is 0 Å². The third-order valence-electron chi connectivity index (χ3n) is 2.84. The Morgan fingerprint density at radius 3 is 2.20 bits per heavy atom. The van der Waals surface area contributed by atoms with E-state index in [0.717, 1.165) is 5.56 Å². The zero-order valence-corrected chi connectivity index (χ0v) is 13.7. The molecule has 20 heavy (non-hydrogen) atoms. The van der Waals surface area contributed by atoms with Gasteiger partial charge in [-0.2, -0.15) is 0 Å². The van der Waals surface area contributed by atoms with E-state index in [1.807, 2.05) is 6.92 Å². The van der Waals surface area contributed by atoms with Crippen molar-refractivity contribution in [3.05, 3.63) is 29.3 Å². The number of ether oxygens (including phenoxy) is 1. The predicted octanol–water partition coefficient (Wildman–Crippen LogP) is 2.81. The molecular weight excluding hydrogens is 276 g/mol. The van der Waals surface area contributed by atoms with E-state index in [1.165, 1.54) is 6.92 Å². The lowest BCUT2D eigenvalue weighted by Gasteiger charge is -2.22. The Bertz CT molecular complexity index is 609. The molecule has 0 heterocycles. The number of carbonyl (C=O) groups is 1. The van der Waals surface area contributed by atoms with E-state index in [4.69, 9.17) is 4.74 Å². The van der Waals surface area contributed by atoms with Crippen LogP contribution in [0, 0.1) is 13.8 Å². The summed E-state index contributed by atoms with van der Waals surface area (Å²) in [6, 6.07) is 5.05. The van der Waals surface area contributed by atoms with E-state index in [-0.39, 0.29) is 4.90 Å². The van der Waals surface area contributed by atoms with Gasteiger partial charge in [-0.25, -0.2) is 8.42 Å². The maximum Gasteiger partial charge on any atom is 0.324 e. The number of aryl methyl sites for hydroxylation is 2.